The minimum atomic E-state index is -1.02. The van der Waals surface area contributed by atoms with Gasteiger partial charge in [0.15, 0.2) is 11.6 Å². The van der Waals surface area contributed by atoms with Crippen LogP contribution in [0.4, 0.5) is 18.4 Å². The molecule has 1 aliphatic heterocycles. The molecule has 10 nitrogen and oxygen atoms in total. The van der Waals surface area contributed by atoms with Crippen LogP contribution in [-0.4, -0.2) is 52.9 Å². The zero-order valence-corrected chi connectivity index (χ0v) is 24.9. The lowest BCUT2D eigenvalue weighted by molar-refractivity contribution is 0.0342. The Bertz CT molecular complexity index is 1310. The Balaban J connectivity index is 1.96. The van der Waals surface area contributed by atoms with E-state index in [9.17, 15) is 18.4 Å². The summed E-state index contributed by atoms with van der Waals surface area (Å²) in [6.45, 7) is 10.1. The van der Waals surface area contributed by atoms with Crippen molar-refractivity contribution in [3.63, 3.8) is 0 Å². The van der Waals surface area contributed by atoms with E-state index in [0.29, 0.717) is 0 Å². The molecule has 1 unspecified atom stereocenters. The minimum Gasteiger partial charge on any atom is -0.444 e. The molecular formula is C28H35F2N5O5S. The molecule has 222 valence electrons. The van der Waals surface area contributed by atoms with Crippen LogP contribution in [0, 0.1) is 11.6 Å². The van der Waals surface area contributed by atoms with Gasteiger partial charge in [0, 0.05) is 18.5 Å². The summed E-state index contributed by atoms with van der Waals surface area (Å²) in [6, 6.07) is 13.1. The highest BCUT2D eigenvalue weighted by Gasteiger charge is 2.42. The summed E-state index contributed by atoms with van der Waals surface area (Å²) in [5.41, 5.74) is 2.13. The number of amides is 2. The van der Waals surface area contributed by atoms with Crippen molar-refractivity contribution in [2.45, 2.75) is 64.0 Å². The smallest absolute Gasteiger partial charge is 0.417 e. The summed E-state index contributed by atoms with van der Waals surface area (Å²) < 4.78 is 39.6. The average molecular weight is 592 g/mol. The van der Waals surface area contributed by atoms with Crippen molar-refractivity contribution < 1.29 is 32.7 Å². The first kappa shape index (κ1) is 31.7. The second-order valence-corrected chi connectivity index (χ2v) is 12.3. The molecule has 0 bridgehead atoms. The standard InChI is InChI=1S/C28H35F2N5O5S/c1-26(2,3)39-24(36)31-23(33-38-7)35(25(37)40-27(4,5)6)17-16-28(18-12-9-8-10-13-18)34-32-22(41-28)19-14-11-15-20(29)21(19)30/h8-15,34H,16-17H2,1-7H3,(H,31,33,36). The van der Waals surface area contributed by atoms with Crippen LogP contribution in [0.15, 0.2) is 58.8 Å². The molecular weight excluding hydrogens is 556 g/mol. The van der Waals surface area contributed by atoms with E-state index in [1.807, 2.05) is 30.3 Å². The monoisotopic (exact) mass is 591 g/mol. The fraction of sp³-hybridized carbons (Fsp3) is 0.429. The summed E-state index contributed by atoms with van der Waals surface area (Å²) in [4.78, 5) is 31.0. The van der Waals surface area contributed by atoms with Crippen molar-refractivity contribution in [1.82, 2.24) is 15.6 Å². The molecule has 1 atom stereocenters. The molecule has 1 heterocycles. The second-order valence-electron chi connectivity index (χ2n) is 11.0. The summed E-state index contributed by atoms with van der Waals surface area (Å²) >= 11 is 1.17. The molecule has 1 aliphatic rings. The van der Waals surface area contributed by atoms with Crippen LogP contribution in [0.5, 0.6) is 0 Å². The van der Waals surface area contributed by atoms with Crippen LogP contribution in [-0.2, 0) is 19.2 Å². The molecule has 0 aliphatic carbocycles. The number of rotatable bonds is 6. The largest absolute Gasteiger partial charge is 0.444 e. The molecule has 3 rings (SSSR count). The lowest BCUT2D eigenvalue weighted by atomic mass is 10.0. The Labute approximate surface area is 242 Å². The van der Waals surface area contributed by atoms with E-state index in [-0.39, 0.29) is 29.5 Å². The third-order valence-electron chi connectivity index (χ3n) is 5.38. The number of alkyl carbamates (subject to hydrolysis) is 1. The van der Waals surface area contributed by atoms with Gasteiger partial charge in [0.2, 0.25) is 0 Å². The van der Waals surface area contributed by atoms with E-state index >= 15 is 0 Å². The molecule has 0 aromatic heterocycles. The SMILES string of the molecule is CON=C(NC(=O)OC(C)(C)C)N(CCC1(c2ccccc2)NN=C(c2cccc(F)c2F)S1)C(=O)OC(C)(C)C. The number of oxime groups is 1. The topological polar surface area (TPSA) is 114 Å². The lowest BCUT2D eigenvalue weighted by Gasteiger charge is -2.33. The van der Waals surface area contributed by atoms with Crippen LogP contribution < -0.4 is 10.7 Å². The van der Waals surface area contributed by atoms with Crippen LogP contribution in [0.2, 0.25) is 0 Å². The van der Waals surface area contributed by atoms with Gasteiger partial charge in [-0.25, -0.2) is 23.3 Å². The van der Waals surface area contributed by atoms with Crippen LogP contribution >= 0.6 is 11.8 Å². The number of nitrogens with one attached hydrogen (secondary N) is 2. The number of halogens is 2. The number of carbonyl (C=O) groups excluding carboxylic acids is 2. The number of carbonyl (C=O) groups is 2. The van der Waals surface area contributed by atoms with Gasteiger partial charge >= 0.3 is 12.2 Å². The number of benzene rings is 2. The number of guanidine groups is 1. The summed E-state index contributed by atoms with van der Waals surface area (Å²) in [5, 5.41) is 10.9. The molecule has 0 spiro atoms. The summed E-state index contributed by atoms with van der Waals surface area (Å²) in [6.07, 6.45) is -1.52. The first-order valence-corrected chi connectivity index (χ1v) is 13.6. The molecule has 0 saturated heterocycles. The van der Waals surface area contributed by atoms with E-state index < -0.39 is 39.9 Å². The highest BCUT2D eigenvalue weighted by molar-refractivity contribution is 8.15. The predicted octanol–water partition coefficient (Wildman–Crippen LogP) is 5.89. The highest BCUT2D eigenvalue weighted by atomic mass is 32.2. The van der Waals surface area contributed by atoms with E-state index in [2.05, 4.69) is 21.0 Å². The van der Waals surface area contributed by atoms with Crippen LogP contribution in [0.25, 0.3) is 0 Å². The first-order chi connectivity index (χ1) is 19.1. The molecule has 41 heavy (non-hydrogen) atoms. The van der Waals surface area contributed by atoms with Gasteiger partial charge in [0.05, 0.1) is 0 Å². The molecule has 2 aromatic carbocycles. The maximum atomic E-state index is 14.7. The van der Waals surface area contributed by atoms with E-state index in [0.717, 1.165) is 16.5 Å². The Morgan fingerprint density at radius 1 is 1.02 bits per heavy atom. The quantitative estimate of drug-likeness (QED) is 0.245. The van der Waals surface area contributed by atoms with Gasteiger partial charge in [-0.2, -0.15) is 5.10 Å². The number of hydrogen-bond acceptors (Lipinski definition) is 9. The molecule has 2 N–H and O–H groups in total. The van der Waals surface area contributed by atoms with Gasteiger partial charge in [-0.1, -0.05) is 48.2 Å². The third-order valence-corrected chi connectivity index (χ3v) is 6.76. The van der Waals surface area contributed by atoms with Crippen molar-refractivity contribution >= 4 is 35.0 Å². The fourth-order valence-corrected chi connectivity index (χ4v) is 4.94. The maximum absolute atomic E-state index is 14.7. The molecule has 0 fully saturated rings. The predicted molar refractivity (Wildman–Crippen MR) is 153 cm³/mol. The van der Waals surface area contributed by atoms with Crippen LogP contribution in [0.3, 0.4) is 0 Å². The van der Waals surface area contributed by atoms with E-state index in [1.54, 1.807) is 41.5 Å². The first-order valence-electron chi connectivity index (χ1n) is 12.8. The number of hydrazone groups is 1. The number of thioether (sulfide) groups is 1. The fourth-order valence-electron chi connectivity index (χ4n) is 3.71. The highest BCUT2D eigenvalue weighted by Crippen LogP contribution is 2.44. The summed E-state index contributed by atoms with van der Waals surface area (Å²) in [5.74, 6) is -2.27. The summed E-state index contributed by atoms with van der Waals surface area (Å²) in [7, 11) is 1.26. The van der Waals surface area contributed by atoms with Crippen molar-refractivity contribution in [2.24, 2.45) is 10.3 Å². The van der Waals surface area contributed by atoms with E-state index in [1.165, 1.54) is 31.0 Å². The van der Waals surface area contributed by atoms with Gasteiger partial charge in [0.25, 0.3) is 5.96 Å². The average Bonchev–Trinajstić information content (AvgIpc) is 3.29. The number of nitrogens with zero attached hydrogens (tertiary/aromatic N) is 3. The van der Waals surface area contributed by atoms with E-state index in [4.69, 9.17) is 14.3 Å². The van der Waals surface area contributed by atoms with Crippen molar-refractivity contribution in [1.29, 1.82) is 0 Å². The molecule has 13 heteroatoms. The minimum absolute atomic E-state index is 0.00229. The van der Waals surface area contributed by atoms with Gasteiger partial charge < -0.3 is 14.3 Å². The molecule has 2 amide bonds. The van der Waals surface area contributed by atoms with Crippen LogP contribution in [0.1, 0.15) is 59.1 Å². The Hall–Kier alpha value is -3.87. The number of hydrogen-bond donors (Lipinski definition) is 2. The Kier molecular flexibility index (Phi) is 9.85. The maximum Gasteiger partial charge on any atom is 0.417 e. The Morgan fingerprint density at radius 2 is 1.68 bits per heavy atom. The molecule has 2 aromatic rings. The zero-order chi connectivity index (χ0) is 30.4. The Morgan fingerprint density at radius 3 is 2.29 bits per heavy atom. The number of ether oxygens (including phenoxy) is 2. The lowest BCUT2D eigenvalue weighted by Crippen LogP contribution is -2.51. The molecule has 0 saturated carbocycles. The molecule has 0 radical (unpaired) electrons. The van der Waals surface area contributed by atoms with Gasteiger partial charge in [-0.05, 0) is 64.4 Å². The third kappa shape index (κ3) is 8.56. The van der Waals surface area contributed by atoms with Gasteiger partial charge in [0.1, 0.15) is 28.2 Å². The second kappa shape index (κ2) is 12.8. The normalized spacial score (nSPS) is 17.3. The van der Waals surface area contributed by atoms with Crippen molar-refractivity contribution in [3.8, 4) is 0 Å². The van der Waals surface area contributed by atoms with Gasteiger partial charge in [-0.3, -0.25) is 10.7 Å². The van der Waals surface area contributed by atoms with Crippen molar-refractivity contribution in [3.05, 3.63) is 71.3 Å². The van der Waals surface area contributed by atoms with Gasteiger partial charge in [-0.15, -0.1) is 0 Å². The zero-order valence-electron chi connectivity index (χ0n) is 24.1. The van der Waals surface area contributed by atoms with Crippen molar-refractivity contribution in [2.75, 3.05) is 13.7 Å².